The van der Waals surface area contributed by atoms with Gasteiger partial charge in [0.1, 0.15) is 0 Å². The molecule has 0 radical (unpaired) electrons. The van der Waals surface area contributed by atoms with Crippen LogP contribution in [0, 0.1) is 0 Å². The maximum Gasteiger partial charge on any atom is 0.203 e. The number of Topliss-reactive ketones (excluding diaryl/α,β-unsaturated/α-hetero) is 1. The second-order valence-electron chi connectivity index (χ2n) is 4.71. The van der Waals surface area contributed by atoms with Gasteiger partial charge in [-0.1, -0.05) is 65.3 Å². The highest BCUT2D eigenvalue weighted by Gasteiger charge is 2.29. The third kappa shape index (κ3) is 2.93. The van der Waals surface area contributed by atoms with Gasteiger partial charge in [0.2, 0.25) is 5.78 Å². The first kappa shape index (κ1) is 15.2. The van der Waals surface area contributed by atoms with Crippen molar-refractivity contribution >= 4 is 52.4 Å². The van der Waals surface area contributed by atoms with E-state index in [9.17, 15) is 4.79 Å². The Balaban J connectivity index is 1.99. The molecule has 1 aliphatic heterocycles. The highest BCUT2D eigenvalue weighted by molar-refractivity contribution is 8.08. The Kier molecular flexibility index (Phi) is 4.30. The van der Waals surface area contributed by atoms with Crippen molar-refractivity contribution in [1.29, 1.82) is 0 Å². The lowest BCUT2D eigenvalue weighted by Crippen LogP contribution is -2.01. The molecule has 1 aliphatic rings. The number of benzene rings is 2. The number of halogens is 2. The van der Waals surface area contributed by atoms with Gasteiger partial charge in [0, 0.05) is 15.6 Å². The predicted molar refractivity (Wildman–Crippen MR) is 94.6 cm³/mol. The molecular formula is C17H11Cl2NOS. The normalized spacial score (nSPS) is 16.6. The molecule has 0 unspecified atom stereocenters. The molecule has 5 heteroatoms. The summed E-state index contributed by atoms with van der Waals surface area (Å²) in [6.07, 6.45) is 1.79. The summed E-state index contributed by atoms with van der Waals surface area (Å²) in [5.74, 6) is -0.115. The molecule has 2 aromatic carbocycles. The molecule has 0 saturated heterocycles. The predicted octanol–water partition coefficient (Wildman–Crippen LogP) is 4.98. The van der Waals surface area contributed by atoms with Crippen LogP contribution in [0.1, 0.15) is 11.1 Å². The molecule has 0 amide bonds. The maximum absolute atomic E-state index is 12.6. The number of hydrogen-bond acceptors (Lipinski definition) is 3. The van der Waals surface area contributed by atoms with Crippen LogP contribution >= 0.6 is 35.0 Å². The topological polar surface area (TPSA) is 43.1 Å². The Bertz CT molecular complexity index is 827. The lowest BCUT2D eigenvalue weighted by atomic mass is 10.0. The van der Waals surface area contributed by atoms with Crippen LogP contribution in [-0.4, -0.2) is 5.78 Å². The minimum absolute atomic E-state index is 0.115. The monoisotopic (exact) mass is 347 g/mol. The van der Waals surface area contributed by atoms with Gasteiger partial charge in [-0.15, -0.1) is 0 Å². The van der Waals surface area contributed by atoms with E-state index in [1.165, 1.54) is 11.8 Å². The third-order valence-corrected chi connectivity index (χ3v) is 4.72. The Morgan fingerprint density at radius 3 is 2.55 bits per heavy atom. The third-order valence-electron chi connectivity index (χ3n) is 3.21. The Morgan fingerprint density at radius 1 is 1.05 bits per heavy atom. The Labute approximate surface area is 142 Å². The first-order valence-corrected chi connectivity index (χ1v) is 8.08. The molecule has 2 aromatic rings. The van der Waals surface area contributed by atoms with Crippen LogP contribution in [0.3, 0.4) is 0 Å². The van der Waals surface area contributed by atoms with E-state index in [1.807, 2.05) is 24.3 Å². The van der Waals surface area contributed by atoms with Crippen LogP contribution in [0.25, 0.3) is 11.6 Å². The Morgan fingerprint density at radius 2 is 1.82 bits per heavy atom. The number of allylic oxidation sites excluding steroid dienone is 2. The van der Waals surface area contributed by atoms with Crippen molar-refractivity contribution in [2.24, 2.45) is 5.73 Å². The largest absolute Gasteiger partial charge is 0.393 e. The average molecular weight is 348 g/mol. The van der Waals surface area contributed by atoms with Crippen molar-refractivity contribution in [3.8, 4) is 0 Å². The van der Waals surface area contributed by atoms with Crippen molar-refractivity contribution in [2.45, 2.75) is 0 Å². The van der Waals surface area contributed by atoms with Crippen LogP contribution in [-0.2, 0) is 4.79 Å². The van der Waals surface area contributed by atoms with Gasteiger partial charge in [-0.2, -0.15) is 0 Å². The van der Waals surface area contributed by atoms with Crippen LogP contribution < -0.4 is 5.73 Å². The molecule has 1 heterocycles. The van der Waals surface area contributed by atoms with Crippen LogP contribution in [0.2, 0.25) is 10.0 Å². The summed E-state index contributed by atoms with van der Waals surface area (Å²) in [4.78, 5) is 13.2. The molecule has 0 aromatic heterocycles. The lowest BCUT2D eigenvalue weighted by molar-refractivity contribution is -0.109. The average Bonchev–Trinajstić information content (AvgIpc) is 2.74. The number of nitrogens with two attached hydrogens (primary N) is 1. The minimum Gasteiger partial charge on any atom is -0.393 e. The molecule has 2 N–H and O–H groups in total. The first-order chi connectivity index (χ1) is 10.6. The van der Waals surface area contributed by atoms with E-state index in [-0.39, 0.29) is 5.78 Å². The molecule has 0 atom stereocenters. The fourth-order valence-electron chi connectivity index (χ4n) is 2.21. The zero-order valence-electron chi connectivity index (χ0n) is 11.3. The zero-order valence-corrected chi connectivity index (χ0v) is 13.7. The van der Waals surface area contributed by atoms with Crippen molar-refractivity contribution in [2.75, 3.05) is 0 Å². The zero-order chi connectivity index (χ0) is 15.7. The number of thioether (sulfide) groups is 1. The van der Waals surface area contributed by atoms with Gasteiger partial charge < -0.3 is 5.73 Å². The SMILES string of the molecule is NC1=C(c2ccccc2Cl)C(=O)C(=Cc2cccc(Cl)c2)S1. The molecule has 0 bridgehead atoms. The first-order valence-electron chi connectivity index (χ1n) is 6.51. The van der Waals surface area contributed by atoms with E-state index in [0.717, 1.165) is 5.56 Å². The highest BCUT2D eigenvalue weighted by Crippen LogP contribution is 2.42. The number of hydrogen-bond donors (Lipinski definition) is 1. The summed E-state index contributed by atoms with van der Waals surface area (Å²) in [5, 5.41) is 1.60. The summed E-state index contributed by atoms with van der Waals surface area (Å²) >= 11 is 13.4. The van der Waals surface area contributed by atoms with Gasteiger partial charge in [0.05, 0.1) is 15.5 Å². The number of carbonyl (C=O) groups excluding carboxylic acids is 1. The van der Waals surface area contributed by atoms with Gasteiger partial charge in [0.25, 0.3) is 0 Å². The molecule has 0 saturated carbocycles. The maximum atomic E-state index is 12.6. The van der Waals surface area contributed by atoms with E-state index < -0.39 is 0 Å². The summed E-state index contributed by atoms with van der Waals surface area (Å²) < 4.78 is 0. The van der Waals surface area contributed by atoms with Crippen LogP contribution in [0.15, 0.2) is 58.5 Å². The number of ketones is 1. The lowest BCUT2D eigenvalue weighted by Gasteiger charge is -2.04. The van der Waals surface area contributed by atoms with E-state index in [1.54, 1.807) is 30.3 Å². The van der Waals surface area contributed by atoms with E-state index in [0.29, 0.717) is 31.1 Å². The number of carbonyl (C=O) groups is 1. The summed E-state index contributed by atoms with van der Waals surface area (Å²) in [7, 11) is 0. The number of rotatable bonds is 2. The molecule has 0 aliphatic carbocycles. The summed E-state index contributed by atoms with van der Waals surface area (Å²) in [6, 6.07) is 14.5. The van der Waals surface area contributed by atoms with Crippen molar-refractivity contribution < 1.29 is 4.79 Å². The molecular weight excluding hydrogens is 337 g/mol. The summed E-state index contributed by atoms with van der Waals surface area (Å²) in [6.45, 7) is 0. The van der Waals surface area contributed by atoms with Crippen molar-refractivity contribution in [3.05, 3.63) is 79.6 Å². The second kappa shape index (κ2) is 6.21. The standard InChI is InChI=1S/C17H11Cl2NOS/c18-11-5-3-4-10(8-11)9-14-16(21)15(17(20)22-14)12-6-1-2-7-13(12)19/h1-9H,20H2. The molecule has 110 valence electrons. The van der Waals surface area contributed by atoms with Gasteiger partial charge >= 0.3 is 0 Å². The fraction of sp³-hybridized carbons (Fsp3) is 0. The minimum atomic E-state index is -0.115. The van der Waals surface area contributed by atoms with E-state index >= 15 is 0 Å². The fourth-order valence-corrected chi connectivity index (χ4v) is 3.57. The summed E-state index contributed by atoms with van der Waals surface area (Å²) in [5.41, 5.74) is 8.02. The highest BCUT2D eigenvalue weighted by atomic mass is 35.5. The van der Waals surface area contributed by atoms with Crippen molar-refractivity contribution in [1.82, 2.24) is 0 Å². The second-order valence-corrected chi connectivity index (χ2v) is 6.64. The van der Waals surface area contributed by atoms with E-state index in [2.05, 4.69) is 0 Å². The van der Waals surface area contributed by atoms with Crippen molar-refractivity contribution in [3.63, 3.8) is 0 Å². The molecule has 2 nitrogen and oxygen atoms in total. The smallest absolute Gasteiger partial charge is 0.203 e. The quantitative estimate of drug-likeness (QED) is 0.779. The molecule has 3 rings (SSSR count). The van der Waals surface area contributed by atoms with Gasteiger partial charge in [0.15, 0.2) is 0 Å². The van der Waals surface area contributed by atoms with Crippen LogP contribution in [0.4, 0.5) is 0 Å². The van der Waals surface area contributed by atoms with Gasteiger partial charge in [-0.3, -0.25) is 4.79 Å². The molecule has 0 fully saturated rings. The molecule has 0 spiro atoms. The molecule has 22 heavy (non-hydrogen) atoms. The van der Waals surface area contributed by atoms with E-state index in [4.69, 9.17) is 28.9 Å². The van der Waals surface area contributed by atoms with Gasteiger partial charge in [-0.05, 0) is 29.8 Å². The van der Waals surface area contributed by atoms with Crippen LogP contribution in [0.5, 0.6) is 0 Å². The van der Waals surface area contributed by atoms with Gasteiger partial charge in [-0.25, -0.2) is 0 Å². The Hall–Kier alpha value is -1.68.